The van der Waals surface area contributed by atoms with Crippen molar-refractivity contribution >= 4 is 29.2 Å². The van der Waals surface area contributed by atoms with Crippen LogP contribution < -0.4 is 10.6 Å². The molecule has 5 nitrogen and oxygen atoms in total. The molecule has 1 heterocycles. The minimum absolute atomic E-state index is 0.254. The van der Waals surface area contributed by atoms with Crippen LogP contribution in [0.4, 0.5) is 5.69 Å². The summed E-state index contributed by atoms with van der Waals surface area (Å²) >= 11 is 5.86. The number of benzene rings is 1. The molecule has 1 aromatic carbocycles. The number of nitrogens with zero attached hydrogens (tertiary/aromatic N) is 1. The highest BCUT2D eigenvalue weighted by Crippen LogP contribution is 2.34. The van der Waals surface area contributed by atoms with Crippen LogP contribution in [0.3, 0.4) is 0 Å². The summed E-state index contributed by atoms with van der Waals surface area (Å²) in [4.78, 5) is 24.5. The smallest absolute Gasteiger partial charge is 0.327 e. The van der Waals surface area contributed by atoms with Crippen LogP contribution in [0.1, 0.15) is 12.5 Å². The third-order valence-electron chi connectivity index (χ3n) is 2.94. The summed E-state index contributed by atoms with van der Waals surface area (Å²) in [6.07, 6.45) is 0.254. The van der Waals surface area contributed by atoms with Gasteiger partial charge in [0.15, 0.2) is 0 Å². The van der Waals surface area contributed by atoms with Gasteiger partial charge in [0.05, 0.1) is 6.04 Å². The summed E-state index contributed by atoms with van der Waals surface area (Å²) in [5.41, 5.74) is 6.89. The van der Waals surface area contributed by atoms with E-state index in [1.165, 1.54) is 11.8 Å². The van der Waals surface area contributed by atoms with E-state index in [1.807, 2.05) is 0 Å². The SMILES string of the molecule is C[C@H](N)C(=O)N1c2ccc(Cl)cc2CC1C(=O)O. The molecule has 18 heavy (non-hydrogen) atoms. The number of hydrogen-bond acceptors (Lipinski definition) is 3. The predicted octanol–water partition coefficient (Wildman–Crippen LogP) is 1.03. The molecule has 96 valence electrons. The lowest BCUT2D eigenvalue weighted by molar-refractivity contribution is -0.140. The second kappa shape index (κ2) is 4.59. The van der Waals surface area contributed by atoms with Crippen LogP contribution in [0, 0.1) is 0 Å². The molecule has 0 saturated carbocycles. The molecular formula is C12H13ClN2O3. The van der Waals surface area contributed by atoms with E-state index in [1.54, 1.807) is 18.2 Å². The Morgan fingerprint density at radius 3 is 2.78 bits per heavy atom. The number of halogens is 1. The monoisotopic (exact) mass is 268 g/mol. The molecule has 2 rings (SSSR count). The van der Waals surface area contributed by atoms with Gasteiger partial charge in [0.1, 0.15) is 6.04 Å². The summed E-state index contributed by atoms with van der Waals surface area (Å²) in [5.74, 6) is -1.44. The van der Waals surface area contributed by atoms with Crippen LogP contribution >= 0.6 is 11.6 Å². The first-order valence-corrected chi connectivity index (χ1v) is 5.89. The standard InChI is InChI=1S/C12H13ClN2O3/c1-6(14)11(16)15-9-3-2-8(13)4-7(9)5-10(15)12(17)18/h2-4,6,10H,5,14H2,1H3,(H,17,18)/t6-,10?/m0/s1. The molecule has 0 bridgehead atoms. The van der Waals surface area contributed by atoms with Crippen LogP contribution in [-0.4, -0.2) is 29.1 Å². The van der Waals surface area contributed by atoms with Gasteiger partial charge in [-0.05, 0) is 30.7 Å². The summed E-state index contributed by atoms with van der Waals surface area (Å²) in [6, 6.07) is 3.32. The largest absolute Gasteiger partial charge is 0.480 e. The van der Waals surface area contributed by atoms with Gasteiger partial charge in [-0.25, -0.2) is 4.79 Å². The summed E-state index contributed by atoms with van der Waals surface area (Å²) in [5, 5.41) is 9.71. The molecule has 3 N–H and O–H groups in total. The number of carboxylic acids is 1. The number of carboxylic acid groups (broad SMARTS) is 1. The van der Waals surface area contributed by atoms with Crippen molar-refractivity contribution in [1.82, 2.24) is 0 Å². The average Bonchev–Trinajstić information content (AvgIpc) is 2.66. The van der Waals surface area contributed by atoms with Crippen LogP contribution in [0.15, 0.2) is 18.2 Å². The van der Waals surface area contributed by atoms with Gasteiger partial charge < -0.3 is 10.8 Å². The van der Waals surface area contributed by atoms with Crippen LogP contribution in [0.5, 0.6) is 0 Å². The maximum atomic E-state index is 12.0. The van der Waals surface area contributed by atoms with E-state index in [9.17, 15) is 14.7 Å². The molecule has 0 saturated heterocycles. The molecule has 2 atom stereocenters. The Balaban J connectivity index is 2.47. The van der Waals surface area contributed by atoms with Crippen molar-refractivity contribution in [3.8, 4) is 0 Å². The Labute approximate surface area is 109 Å². The summed E-state index contributed by atoms with van der Waals surface area (Å²) in [7, 11) is 0. The number of hydrogen-bond donors (Lipinski definition) is 2. The third kappa shape index (κ3) is 2.07. The van der Waals surface area contributed by atoms with Gasteiger partial charge in [0, 0.05) is 17.1 Å². The number of amides is 1. The van der Waals surface area contributed by atoms with E-state index >= 15 is 0 Å². The van der Waals surface area contributed by atoms with E-state index in [-0.39, 0.29) is 6.42 Å². The number of fused-ring (bicyclic) bond motifs is 1. The van der Waals surface area contributed by atoms with Gasteiger partial charge in [0.25, 0.3) is 0 Å². The van der Waals surface area contributed by atoms with Crippen molar-refractivity contribution in [3.05, 3.63) is 28.8 Å². The second-order valence-electron chi connectivity index (χ2n) is 4.33. The van der Waals surface area contributed by atoms with E-state index < -0.39 is 24.0 Å². The van der Waals surface area contributed by atoms with Gasteiger partial charge in [-0.2, -0.15) is 0 Å². The Kier molecular flexibility index (Phi) is 3.28. The van der Waals surface area contributed by atoms with Crippen LogP contribution in [0.2, 0.25) is 5.02 Å². The normalized spacial score (nSPS) is 19.5. The van der Waals surface area contributed by atoms with Crippen molar-refractivity contribution in [2.24, 2.45) is 5.73 Å². The molecule has 1 aliphatic rings. The van der Waals surface area contributed by atoms with Gasteiger partial charge in [-0.1, -0.05) is 11.6 Å². The molecule has 0 fully saturated rings. The molecule has 0 aliphatic carbocycles. The van der Waals surface area contributed by atoms with Gasteiger partial charge in [-0.15, -0.1) is 0 Å². The van der Waals surface area contributed by atoms with Gasteiger partial charge >= 0.3 is 5.97 Å². The highest BCUT2D eigenvalue weighted by Gasteiger charge is 2.39. The van der Waals surface area contributed by atoms with Crippen LogP contribution in [-0.2, 0) is 16.0 Å². The topological polar surface area (TPSA) is 83.6 Å². The van der Waals surface area contributed by atoms with Crippen molar-refractivity contribution in [1.29, 1.82) is 0 Å². The third-order valence-corrected chi connectivity index (χ3v) is 3.17. The zero-order valence-electron chi connectivity index (χ0n) is 9.76. The summed E-state index contributed by atoms with van der Waals surface area (Å²) in [6.45, 7) is 1.54. The van der Waals surface area contributed by atoms with Gasteiger partial charge in [-0.3, -0.25) is 9.69 Å². The number of nitrogens with two attached hydrogens (primary N) is 1. The lowest BCUT2D eigenvalue weighted by atomic mass is 10.1. The number of aliphatic carboxylic acids is 1. The van der Waals surface area contributed by atoms with Gasteiger partial charge in [0.2, 0.25) is 5.91 Å². The Morgan fingerprint density at radius 2 is 2.22 bits per heavy atom. The summed E-state index contributed by atoms with van der Waals surface area (Å²) < 4.78 is 0. The highest BCUT2D eigenvalue weighted by atomic mass is 35.5. The number of carbonyl (C=O) groups is 2. The molecule has 1 aliphatic heterocycles. The molecule has 0 spiro atoms. The van der Waals surface area contributed by atoms with E-state index in [0.29, 0.717) is 10.7 Å². The first-order chi connectivity index (χ1) is 8.41. The molecule has 0 aromatic heterocycles. The van der Waals surface area contributed by atoms with Crippen molar-refractivity contribution < 1.29 is 14.7 Å². The molecule has 1 aromatic rings. The molecule has 1 unspecified atom stereocenters. The fraction of sp³-hybridized carbons (Fsp3) is 0.333. The molecule has 0 radical (unpaired) electrons. The lowest BCUT2D eigenvalue weighted by Crippen LogP contribution is -2.49. The average molecular weight is 269 g/mol. The number of rotatable bonds is 2. The molecular weight excluding hydrogens is 256 g/mol. The number of carbonyl (C=O) groups excluding carboxylic acids is 1. The fourth-order valence-corrected chi connectivity index (χ4v) is 2.30. The Morgan fingerprint density at radius 1 is 1.56 bits per heavy atom. The molecule has 1 amide bonds. The molecule has 6 heteroatoms. The zero-order valence-corrected chi connectivity index (χ0v) is 10.5. The maximum Gasteiger partial charge on any atom is 0.327 e. The zero-order chi connectivity index (χ0) is 13.4. The van der Waals surface area contributed by atoms with Crippen molar-refractivity contribution in [3.63, 3.8) is 0 Å². The number of anilines is 1. The Bertz CT molecular complexity index is 516. The van der Waals surface area contributed by atoms with Crippen molar-refractivity contribution in [2.45, 2.75) is 25.4 Å². The minimum Gasteiger partial charge on any atom is -0.480 e. The minimum atomic E-state index is -1.05. The first-order valence-electron chi connectivity index (χ1n) is 5.51. The highest BCUT2D eigenvalue weighted by molar-refractivity contribution is 6.30. The quantitative estimate of drug-likeness (QED) is 0.839. The Hall–Kier alpha value is -1.59. The first kappa shape index (κ1) is 12.9. The van der Waals surface area contributed by atoms with Crippen LogP contribution in [0.25, 0.3) is 0 Å². The second-order valence-corrected chi connectivity index (χ2v) is 4.76. The maximum absolute atomic E-state index is 12.0. The van der Waals surface area contributed by atoms with E-state index in [0.717, 1.165) is 5.56 Å². The van der Waals surface area contributed by atoms with E-state index in [2.05, 4.69) is 0 Å². The fourth-order valence-electron chi connectivity index (χ4n) is 2.11. The van der Waals surface area contributed by atoms with Crippen molar-refractivity contribution in [2.75, 3.05) is 4.90 Å². The lowest BCUT2D eigenvalue weighted by Gasteiger charge is -2.24. The predicted molar refractivity (Wildman–Crippen MR) is 67.7 cm³/mol. The van der Waals surface area contributed by atoms with E-state index in [4.69, 9.17) is 17.3 Å².